The largest absolute Gasteiger partial charge is 0.0990 e. The lowest BCUT2D eigenvalue weighted by atomic mass is 9.88. The highest BCUT2D eigenvalue weighted by molar-refractivity contribution is 5.99. The first-order chi connectivity index (χ1) is 15.6. The molecule has 0 amide bonds. The molecule has 0 atom stereocenters. The first-order valence-corrected chi connectivity index (χ1v) is 12.3. The Morgan fingerprint density at radius 1 is 0.875 bits per heavy atom. The molecule has 0 N–H and O–H groups in total. The van der Waals surface area contributed by atoms with Gasteiger partial charge in [-0.25, -0.2) is 0 Å². The van der Waals surface area contributed by atoms with E-state index in [0.717, 1.165) is 11.1 Å². The van der Waals surface area contributed by atoms with E-state index in [2.05, 4.69) is 83.9 Å². The lowest BCUT2D eigenvalue weighted by Gasteiger charge is -2.15. The molecule has 0 nitrogen and oxygen atoms in total. The van der Waals surface area contributed by atoms with Gasteiger partial charge in [-0.1, -0.05) is 136 Å². The van der Waals surface area contributed by atoms with Crippen molar-refractivity contribution >= 4 is 34.6 Å². The van der Waals surface area contributed by atoms with E-state index >= 15 is 0 Å². The fourth-order valence-electron chi connectivity index (χ4n) is 3.28. The highest BCUT2D eigenvalue weighted by atomic mass is 14.2. The Balaban J connectivity index is -0.000000822. The SMILES string of the molecule is C=C/C=c1/c(=C/C)c(/C(C=C)=C\C)c(C=C)c2cccc(C)c12.CC.CC.CC.CCC. The summed E-state index contributed by atoms with van der Waals surface area (Å²) in [5.74, 6) is 0. The van der Waals surface area contributed by atoms with E-state index in [0.29, 0.717) is 0 Å². The van der Waals surface area contributed by atoms with Crippen molar-refractivity contribution < 1.29 is 0 Å². The molecule has 32 heavy (non-hydrogen) atoms. The smallest absolute Gasteiger partial charge is 0.00334 e. The van der Waals surface area contributed by atoms with Crippen LogP contribution in [0, 0.1) is 6.92 Å². The maximum absolute atomic E-state index is 4.07. The molecule has 0 spiro atoms. The van der Waals surface area contributed by atoms with Crippen LogP contribution in [0.4, 0.5) is 0 Å². The van der Waals surface area contributed by atoms with Crippen LogP contribution in [0.3, 0.4) is 0 Å². The summed E-state index contributed by atoms with van der Waals surface area (Å²) in [5, 5.41) is 4.89. The van der Waals surface area contributed by atoms with E-state index < -0.39 is 0 Å². The summed E-state index contributed by atoms with van der Waals surface area (Å²) in [6.07, 6.45) is 13.3. The van der Waals surface area contributed by atoms with Crippen molar-refractivity contribution in [2.45, 2.75) is 82.6 Å². The van der Waals surface area contributed by atoms with Crippen LogP contribution in [0.1, 0.15) is 92.3 Å². The third-order valence-corrected chi connectivity index (χ3v) is 4.26. The summed E-state index contributed by atoms with van der Waals surface area (Å²) in [6.45, 7) is 34.5. The molecule has 0 radical (unpaired) electrons. The first kappa shape index (κ1) is 34.0. The van der Waals surface area contributed by atoms with Gasteiger partial charge < -0.3 is 0 Å². The van der Waals surface area contributed by atoms with Crippen molar-refractivity contribution in [3.8, 4) is 0 Å². The van der Waals surface area contributed by atoms with Gasteiger partial charge in [-0.3, -0.25) is 0 Å². The number of rotatable bonds is 4. The molecule has 0 aliphatic carbocycles. The zero-order chi connectivity index (χ0) is 25.7. The second-order valence-corrected chi connectivity index (χ2v) is 6.16. The summed E-state index contributed by atoms with van der Waals surface area (Å²) < 4.78 is 0. The summed E-state index contributed by atoms with van der Waals surface area (Å²) in [6, 6.07) is 6.42. The Hall–Kier alpha value is -2.60. The van der Waals surface area contributed by atoms with Gasteiger partial charge in [-0.15, -0.1) is 0 Å². The molecule has 0 saturated heterocycles. The molecular weight excluding hydrogens is 384 g/mol. The van der Waals surface area contributed by atoms with Crippen molar-refractivity contribution in [2.24, 2.45) is 0 Å². The Labute approximate surface area is 200 Å². The number of allylic oxidation sites excluding steroid dienone is 4. The van der Waals surface area contributed by atoms with Gasteiger partial charge in [-0.2, -0.15) is 0 Å². The van der Waals surface area contributed by atoms with Crippen LogP contribution in [0.2, 0.25) is 0 Å². The van der Waals surface area contributed by atoms with E-state index in [4.69, 9.17) is 0 Å². The van der Waals surface area contributed by atoms with Crippen LogP contribution in [0.15, 0.2) is 56.2 Å². The molecule has 2 rings (SSSR count). The zero-order valence-corrected chi connectivity index (χ0v) is 23.0. The molecule has 0 fully saturated rings. The minimum atomic E-state index is 1.12. The van der Waals surface area contributed by atoms with Crippen LogP contribution in [-0.2, 0) is 0 Å². The van der Waals surface area contributed by atoms with Crippen molar-refractivity contribution in [3.63, 3.8) is 0 Å². The number of hydrogen-bond acceptors (Lipinski definition) is 0. The van der Waals surface area contributed by atoms with Crippen LogP contribution in [-0.4, -0.2) is 0 Å². The Bertz CT molecular complexity index is 950. The average Bonchev–Trinajstić information content (AvgIpc) is 2.84. The molecule has 0 heterocycles. The van der Waals surface area contributed by atoms with Crippen LogP contribution in [0.5, 0.6) is 0 Å². The second-order valence-electron chi connectivity index (χ2n) is 6.16. The Morgan fingerprint density at radius 2 is 1.41 bits per heavy atom. The minimum absolute atomic E-state index is 1.12. The van der Waals surface area contributed by atoms with Crippen molar-refractivity contribution in [3.05, 3.63) is 83.3 Å². The quantitative estimate of drug-likeness (QED) is 0.420. The van der Waals surface area contributed by atoms with E-state index in [1.54, 1.807) is 0 Å². The average molecular weight is 435 g/mol. The fraction of sp³-hybridized carbons (Fsp3) is 0.375. The molecule has 0 aliphatic heterocycles. The van der Waals surface area contributed by atoms with E-state index in [9.17, 15) is 0 Å². The molecule has 178 valence electrons. The van der Waals surface area contributed by atoms with Gasteiger partial charge in [0.05, 0.1) is 0 Å². The minimum Gasteiger partial charge on any atom is -0.0990 e. The number of benzene rings is 2. The molecule has 0 bridgehead atoms. The third-order valence-electron chi connectivity index (χ3n) is 4.26. The monoisotopic (exact) mass is 434 g/mol. The molecule has 2 aromatic carbocycles. The van der Waals surface area contributed by atoms with Gasteiger partial charge in [0.15, 0.2) is 0 Å². The standard InChI is InChI=1S/C23H24.C3H8.3C2H6/c1-7-13-20-18(10-4)23(17(8-2)9-3)19(11-5)21-15-12-14-16(6)22(20)21;1-3-2;3*1-2/h7-15H,1-2,5H2,3-4,6H3;3H2,1-2H3;3*1-2H3/b17-9-,18-10-,20-13-;;;;. The molecule has 0 heteroatoms. The first-order valence-electron chi connectivity index (χ1n) is 12.3. The van der Waals surface area contributed by atoms with Gasteiger partial charge >= 0.3 is 0 Å². The number of hydrogen-bond donors (Lipinski definition) is 0. The Kier molecular flexibility index (Phi) is 23.0. The number of fused-ring (bicyclic) bond motifs is 1. The highest BCUT2D eigenvalue weighted by Gasteiger charge is 2.12. The van der Waals surface area contributed by atoms with Gasteiger partial charge in [0.2, 0.25) is 0 Å². The topological polar surface area (TPSA) is 0 Å². The van der Waals surface area contributed by atoms with Crippen molar-refractivity contribution in [1.29, 1.82) is 0 Å². The lowest BCUT2D eigenvalue weighted by Crippen LogP contribution is -2.30. The van der Waals surface area contributed by atoms with Crippen LogP contribution < -0.4 is 10.4 Å². The molecular formula is C32H50. The summed E-state index contributed by atoms with van der Waals surface area (Å²) in [7, 11) is 0. The predicted molar refractivity (Wildman–Crippen MR) is 157 cm³/mol. The van der Waals surface area contributed by atoms with Gasteiger partial charge in [0.25, 0.3) is 0 Å². The Morgan fingerprint density at radius 3 is 1.78 bits per heavy atom. The molecule has 0 aromatic heterocycles. The molecule has 0 saturated carbocycles. The molecule has 0 unspecified atom stereocenters. The van der Waals surface area contributed by atoms with E-state index in [-0.39, 0.29) is 0 Å². The van der Waals surface area contributed by atoms with Crippen LogP contribution in [0.25, 0.3) is 34.6 Å². The lowest BCUT2D eigenvalue weighted by molar-refractivity contribution is 1.09. The van der Waals surface area contributed by atoms with Crippen molar-refractivity contribution in [1.82, 2.24) is 0 Å². The molecule has 0 aliphatic rings. The number of aryl methyl sites for hydroxylation is 1. The highest BCUT2D eigenvalue weighted by Crippen LogP contribution is 2.26. The second kappa shape index (κ2) is 21.6. The third kappa shape index (κ3) is 8.87. The van der Waals surface area contributed by atoms with E-state index in [1.165, 1.54) is 38.8 Å². The summed E-state index contributed by atoms with van der Waals surface area (Å²) >= 11 is 0. The maximum Gasteiger partial charge on any atom is -0.00334 e. The fourth-order valence-corrected chi connectivity index (χ4v) is 3.28. The maximum atomic E-state index is 4.07. The summed E-state index contributed by atoms with van der Waals surface area (Å²) in [4.78, 5) is 0. The zero-order valence-electron chi connectivity index (χ0n) is 23.0. The van der Waals surface area contributed by atoms with Gasteiger partial charge in [0, 0.05) is 0 Å². The normalized spacial score (nSPS) is 10.8. The molecule has 2 aromatic rings. The summed E-state index contributed by atoms with van der Waals surface area (Å²) in [5.41, 5.74) is 4.72. The van der Waals surface area contributed by atoms with Gasteiger partial charge in [0.1, 0.15) is 0 Å². The predicted octanol–water partition coefficient (Wildman–Crippen LogP) is 9.64. The van der Waals surface area contributed by atoms with Gasteiger partial charge in [-0.05, 0) is 64.2 Å². The van der Waals surface area contributed by atoms with E-state index in [1.807, 2.05) is 66.7 Å². The van der Waals surface area contributed by atoms with Crippen LogP contribution >= 0.6 is 0 Å². The van der Waals surface area contributed by atoms with Crippen molar-refractivity contribution in [2.75, 3.05) is 0 Å².